The van der Waals surface area contributed by atoms with Crippen LogP contribution in [0.5, 0.6) is 0 Å². The summed E-state index contributed by atoms with van der Waals surface area (Å²) >= 11 is 0. The Morgan fingerprint density at radius 3 is 2.32 bits per heavy atom. The van der Waals surface area contributed by atoms with Crippen LogP contribution in [0.1, 0.15) is 66.2 Å². The first-order valence-electron chi connectivity index (χ1n) is 8.01. The molecule has 0 spiro atoms. The molecule has 0 aromatic heterocycles. The minimum atomic E-state index is 0.232. The summed E-state index contributed by atoms with van der Waals surface area (Å²) in [4.78, 5) is 2.70. The van der Waals surface area contributed by atoms with E-state index < -0.39 is 0 Å². The number of rotatable bonds is 6. The number of likely N-dealkylation sites (tertiary alicyclic amines) is 1. The summed E-state index contributed by atoms with van der Waals surface area (Å²) in [6, 6.07) is 0.538. The highest BCUT2D eigenvalue weighted by Crippen LogP contribution is 2.25. The SMILES string of the molecule is CC#CCCC(NCC)C(C)(C)N1CCCCCC1. The maximum Gasteiger partial charge on any atom is 0.0306 e. The lowest BCUT2D eigenvalue weighted by Gasteiger charge is -2.44. The molecule has 1 unspecified atom stereocenters. The number of nitrogens with one attached hydrogen (secondary N) is 1. The van der Waals surface area contributed by atoms with Crippen LogP contribution in [-0.4, -0.2) is 36.1 Å². The van der Waals surface area contributed by atoms with Crippen molar-refractivity contribution in [3.8, 4) is 11.8 Å². The third-order valence-corrected chi connectivity index (χ3v) is 4.46. The lowest BCUT2D eigenvalue weighted by Crippen LogP contribution is -2.58. The average Bonchev–Trinajstić information content (AvgIpc) is 2.67. The maximum absolute atomic E-state index is 3.69. The molecule has 0 aromatic rings. The molecule has 0 aliphatic carbocycles. The van der Waals surface area contributed by atoms with E-state index in [0.29, 0.717) is 6.04 Å². The average molecular weight is 264 g/mol. The van der Waals surface area contributed by atoms with Gasteiger partial charge in [-0.25, -0.2) is 0 Å². The van der Waals surface area contributed by atoms with Crippen molar-refractivity contribution in [2.45, 2.75) is 77.8 Å². The first-order valence-corrected chi connectivity index (χ1v) is 8.01. The Morgan fingerprint density at radius 1 is 1.16 bits per heavy atom. The van der Waals surface area contributed by atoms with Gasteiger partial charge >= 0.3 is 0 Å². The second-order valence-corrected chi connectivity index (χ2v) is 6.13. The fourth-order valence-electron chi connectivity index (χ4n) is 3.16. The molecule has 0 saturated carbocycles. The van der Waals surface area contributed by atoms with Crippen molar-refractivity contribution >= 4 is 0 Å². The molecule has 2 heteroatoms. The molecule has 1 rings (SSSR count). The van der Waals surface area contributed by atoms with E-state index in [9.17, 15) is 0 Å². The quantitative estimate of drug-likeness (QED) is 0.740. The molecule has 1 atom stereocenters. The summed E-state index contributed by atoms with van der Waals surface area (Å²) in [5.41, 5.74) is 0.232. The first kappa shape index (κ1) is 16.5. The van der Waals surface area contributed by atoms with E-state index in [1.807, 2.05) is 6.92 Å². The lowest BCUT2D eigenvalue weighted by molar-refractivity contribution is 0.0812. The van der Waals surface area contributed by atoms with Gasteiger partial charge in [0.1, 0.15) is 0 Å². The molecule has 1 aliphatic heterocycles. The molecule has 1 heterocycles. The molecule has 0 bridgehead atoms. The molecule has 0 aromatic carbocycles. The predicted molar refractivity (Wildman–Crippen MR) is 84.3 cm³/mol. The molecule has 0 radical (unpaired) electrons. The first-order chi connectivity index (χ1) is 9.12. The van der Waals surface area contributed by atoms with Crippen LogP contribution in [0.25, 0.3) is 0 Å². The van der Waals surface area contributed by atoms with Gasteiger partial charge in [0.15, 0.2) is 0 Å². The largest absolute Gasteiger partial charge is 0.312 e. The van der Waals surface area contributed by atoms with Crippen molar-refractivity contribution in [2.75, 3.05) is 19.6 Å². The van der Waals surface area contributed by atoms with Gasteiger partial charge in [-0.2, -0.15) is 0 Å². The van der Waals surface area contributed by atoms with Crippen molar-refractivity contribution < 1.29 is 0 Å². The van der Waals surface area contributed by atoms with Crippen molar-refractivity contribution in [3.63, 3.8) is 0 Å². The second-order valence-electron chi connectivity index (χ2n) is 6.13. The highest BCUT2D eigenvalue weighted by atomic mass is 15.2. The van der Waals surface area contributed by atoms with Crippen LogP contribution < -0.4 is 5.32 Å². The van der Waals surface area contributed by atoms with Crippen LogP contribution in [0.3, 0.4) is 0 Å². The molecule has 110 valence electrons. The van der Waals surface area contributed by atoms with Gasteiger partial charge < -0.3 is 5.32 Å². The van der Waals surface area contributed by atoms with E-state index in [1.165, 1.54) is 38.8 Å². The third-order valence-electron chi connectivity index (χ3n) is 4.46. The molecule has 1 N–H and O–H groups in total. The van der Waals surface area contributed by atoms with Crippen molar-refractivity contribution in [2.24, 2.45) is 0 Å². The smallest absolute Gasteiger partial charge is 0.0306 e. The molecule has 1 saturated heterocycles. The number of hydrogen-bond acceptors (Lipinski definition) is 2. The molecule has 1 fully saturated rings. The zero-order valence-corrected chi connectivity index (χ0v) is 13.4. The highest BCUT2D eigenvalue weighted by molar-refractivity contribution is 5.00. The number of nitrogens with zero attached hydrogens (tertiary/aromatic N) is 1. The van der Waals surface area contributed by atoms with E-state index in [1.54, 1.807) is 0 Å². The fourth-order valence-corrected chi connectivity index (χ4v) is 3.16. The predicted octanol–water partition coefficient (Wildman–Crippen LogP) is 3.42. The van der Waals surface area contributed by atoms with Crippen molar-refractivity contribution in [1.82, 2.24) is 10.2 Å². The molecule has 19 heavy (non-hydrogen) atoms. The van der Waals surface area contributed by atoms with Crippen molar-refractivity contribution in [1.29, 1.82) is 0 Å². The van der Waals surface area contributed by atoms with E-state index in [2.05, 4.69) is 42.8 Å². The fraction of sp³-hybridized carbons (Fsp3) is 0.882. The van der Waals surface area contributed by atoms with Crippen LogP contribution in [0.4, 0.5) is 0 Å². The Kier molecular flexibility index (Phi) is 7.49. The Balaban J connectivity index is 2.67. The maximum atomic E-state index is 3.69. The van der Waals surface area contributed by atoms with Gasteiger partial charge in [-0.1, -0.05) is 19.8 Å². The van der Waals surface area contributed by atoms with Gasteiger partial charge in [-0.3, -0.25) is 4.90 Å². The molecular formula is C17H32N2. The zero-order chi connectivity index (χ0) is 14.1. The Labute approximate surface area is 120 Å². The van der Waals surface area contributed by atoms with Crippen molar-refractivity contribution in [3.05, 3.63) is 0 Å². The number of hydrogen-bond donors (Lipinski definition) is 1. The van der Waals surface area contributed by atoms with Crippen LogP contribution in [0.2, 0.25) is 0 Å². The van der Waals surface area contributed by atoms with Gasteiger partial charge in [0.2, 0.25) is 0 Å². The highest BCUT2D eigenvalue weighted by Gasteiger charge is 2.34. The Bertz CT molecular complexity index is 290. The summed E-state index contributed by atoms with van der Waals surface area (Å²) in [5.74, 6) is 6.23. The van der Waals surface area contributed by atoms with E-state index in [-0.39, 0.29) is 5.54 Å². The van der Waals surface area contributed by atoms with Crippen LogP contribution in [0, 0.1) is 11.8 Å². The van der Waals surface area contributed by atoms with E-state index in [0.717, 1.165) is 19.4 Å². The Morgan fingerprint density at radius 2 is 1.79 bits per heavy atom. The summed E-state index contributed by atoms with van der Waals surface area (Å²) in [7, 11) is 0. The summed E-state index contributed by atoms with van der Waals surface area (Å²) < 4.78 is 0. The Hall–Kier alpha value is -0.520. The van der Waals surface area contributed by atoms with Gasteiger partial charge in [-0.15, -0.1) is 11.8 Å². The number of likely N-dealkylation sites (N-methyl/N-ethyl adjacent to an activating group) is 1. The lowest BCUT2D eigenvalue weighted by atomic mass is 9.88. The molecule has 1 aliphatic rings. The van der Waals surface area contributed by atoms with E-state index in [4.69, 9.17) is 0 Å². The van der Waals surface area contributed by atoms with E-state index >= 15 is 0 Å². The molecule has 2 nitrogen and oxygen atoms in total. The summed E-state index contributed by atoms with van der Waals surface area (Å²) in [6.45, 7) is 12.5. The molecular weight excluding hydrogens is 232 g/mol. The monoisotopic (exact) mass is 264 g/mol. The molecule has 0 amide bonds. The van der Waals surface area contributed by atoms with Gasteiger partial charge in [0.05, 0.1) is 0 Å². The standard InChI is InChI=1S/C17H32N2/c1-5-7-10-13-16(18-6-2)17(3,4)19-14-11-8-9-12-15-19/h16,18H,6,8-15H2,1-4H3. The zero-order valence-electron chi connectivity index (χ0n) is 13.4. The van der Waals surface area contributed by atoms with Crippen LogP contribution >= 0.6 is 0 Å². The topological polar surface area (TPSA) is 15.3 Å². The minimum Gasteiger partial charge on any atom is -0.312 e. The normalized spacial score (nSPS) is 19.4. The van der Waals surface area contributed by atoms with Crippen LogP contribution in [0.15, 0.2) is 0 Å². The third kappa shape index (κ3) is 5.16. The summed E-state index contributed by atoms with van der Waals surface area (Å²) in [6.07, 6.45) is 7.68. The van der Waals surface area contributed by atoms with Gasteiger partial charge in [0.25, 0.3) is 0 Å². The minimum absolute atomic E-state index is 0.232. The van der Waals surface area contributed by atoms with Gasteiger partial charge in [-0.05, 0) is 59.7 Å². The van der Waals surface area contributed by atoms with Gasteiger partial charge in [0, 0.05) is 18.0 Å². The summed E-state index contributed by atoms with van der Waals surface area (Å²) in [5, 5.41) is 3.69. The van der Waals surface area contributed by atoms with Crippen LogP contribution in [-0.2, 0) is 0 Å². The second kappa shape index (κ2) is 8.61.